The van der Waals surface area contributed by atoms with Gasteiger partial charge >= 0.3 is 12.0 Å². The number of amidine groups is 1. The molecule has 166 valence electrons. The Hall–Kier alpha value is -2.97. The van der Waals surface area contributed by atoms with Crippen LogP contribution in [-0.2, 0) is 9.53 Å². The summed E-state index contributed by atoms with van der Waals surface area (Å²) in [6.45, 7) is 2.66. The predicted octanol–water partition coefficient (Wildman–Crippen LogP) is 5.28. The number of allylic oxidation sites excluding steroid dienone is 1. The van der Waals surface area contributed by atoms with Crippen molar-refractivity contribution in [3.63, 3.8) is 0 Å². The molecule has 0 aliphatic carbocycles. The maximum Gasteiger partial charge on any atom is 0.338 e. The number of halogens is 1. The van der Waals surface area contributed by atoms with Gasteiger partial charge in [0.05, 0.1) is 24.4 Å². The Labute approximate surface area is 195 Å². The van der Waals surface area contributed by atoms with Crippen LogP contribution in [0.1, 0.15) is 24.9 Å². The second kappa shape index (κ2) is 9.67. The number of hydrogen-bond acceptors (Lipinski definition) is 6. The number of hydrogen-bond donors (Lipinski definition) is 2. The van der Waals surface area contributed by atoms with Gasteiger partial charge in [-0.1, -0.05) is 35.5 Å². The van der Waals surface area contributed by atoms with Gasteiger partial charge in [-0.3, -0.25) is 0 Å². The van der Waals surface area contributed by atoms with Crippen molar-refractivity contribution < 1.29 is 14.3 Å². The van der Waals surface area contributed by atoms with Gasteiger partial charge in [0, 0.05) is 28.7 Å². The molecule has 0 radical (unpaired) electrons. The van der Waals surface area contributed by atoms with Gasteiger partial charge < -0.3 is 20.3 Å². The van der Waals surface area contributed by atoms with Crippen molar-refractivity contribution in [1.82, 2.24) is 4.90 Å². The molecule has 2 amide bonds. The minimum Gasteiger partial charge on any atom is -0.466 e. The fourth-order valence-electron chi connectivity index (χ4n) is 3.76. The van der Waals surface area contributed by atoms with Crippen LogP contribution in [0.4, 0.5) is 16.2 Å². The number of rotatable bonds is 4. The van der Waals surface area contributed by atoms with Crippen molar-refractivity contribution in [3.05, 3.63) is 70.4 Å². The molecule has 0 unspecified atom stereocenters. The number of benzene rings is 2. The van der Waals surface area contributed by atoms with Crippen LogP contribution in [0.5, 0.6) is 0 Å². The number of carbonyl (C=O) groups is 2. The van der Waals surface area contributed by atoms with Gasteiger partial charge in [0.2, 0.25) is 0 Å². The quantitative estimate of drug-likeness (QED) is 0.594. The summed E-state index contributed by atoms with van der Waals surface area (Å²) >= 11 is 7.58. The molecule has 2 heterocycles. The number of thioether (sulfide) groups is 1. The average molecular weight is 471 g/mol. The first kappa shape index (κ1) is 22.2. The number of fused-ring (bicyclic) bond motifs is 1. The van der Waals surface area contributed by atoms with Crippen LogP contribution in [0.15, 0.2) is 64.8 Å². The number of amides is 2. The fraction of sp³-hybridized carbons (Fsp3) is 0.261. The Morgan fingerprint density at radius 2 is 1.72 bits per heavy atom. The van der Waals surface area contributed by atoms with Gasteiger partial charge in [0.15, 0.2) is 5.17 Å². The van der Waals surface area contributed by atoms with E-state index in [2.05, 4.69) is 20.5 Å². The molecular formula is C23H23ClN4O3S. The van der Waals surface area contributed by atoms with Gasteiger partial charge in [0.25, 0.3) is 0 Å². The number of esters is 1. The van der Waals surface area contributed by atoms with Gasteiger partial charge in [-0.05, 0) is 55.3 Å². The van der Waals surface area contributed by atoms with E-state index in [4.69, 9.17) is 16.3 Å². The summed E-state index contributed by atoms with van der Waals surface area (Å²) in [6, 6.07) is 13.7. The zero-order valence-electron chi connectivity index (χ0n) is 17.7. The van der Waals surface area contributed by atoms with Crippen molar-refractivity contribution in [2.75, 3.05) is 30.0 Å². The molecule has 0 aromatic heterocycles. The Morgan fingerprint density at radius 3 is 2.34 bits per heavy atom. The summed E-state index contributed by atoms with van der Waals surface area (Å²) in [4.78, 5) is 31.7. The Kier molecular flexibility index (Phi) is 6.72. The Bertz CT molecular complexity index is 1080. The number of urea groups is 1. The SMILES string of the molecule is COC(=O)C1=C(C)N=C2SCCCN2[C@@H]1c1ccc(NC(=O)Nc2ccc(Cl)cc2)cc1. The highest BCUT2D eigenvalue weighted by atomic mass is 35.5. The smallest absolute Gasteiger partial charge is 0.338 e. The van der Waals surface area contributed by atoms with E-state index >= 15 is 0 Å². The zero-order chi connectivity index (χ0) is 22.7. The van der Waals surface area contributed by atoms with Crippen LogP contribution in [0.25, 0.3) is 0 Å². The summed E-state index contributed by atoms with van der Waals surface area (Å²) in [5.74, 6) is 0.629. The van der Waals surface area contributed by atoms with Crippen LogP contribution in [0.3, 0.4) is 0 Å². The standard InChI is InChI=1S/C23H23ClN4O3S/c1-14-19(21(29)31-2)20(28-12-3-13-32-23(28)25-14)15-4-8-17(9-5-15)26-22(30)27-18-10-6-16(24)7-11-18/h4-11,20H,3,12-13H2,1-2H3,(H2,26,27,30)/t20-/m1/s1. The molecule has 32 heavy (non-hydrogen) atoms. The van der Waals surface area contributed by atoms with E-state index in [1.54, 1.807) is 36.0 Å². The molecule has 0 spiro atoms. The first-order valence-corrected chi connectivity index (χ1v) is 11.5. The van der Waals surface area contributed by atoms with E-state index in [9.17, 15) is 9.59 Å². The molecule has 1 fully saturated rings. The lowest BCUT2D eigenvalue weighted by molar-refractivity contribution is -0.136. The average Bonchev–Trinajstić information content (AvgIpc) is 2.80. The highest BCUT2D eigenvalue weighted by molar-refractivity contribution is 8.13. The summed E-state index contributed by atoms with van der Waals surface area (Å²) in [7, 11) is 1.39. The largest absolute Gasteiger partial charge is 0.466 e. The van der Waals surface area contributed by atoms with Gasteiger partial charge in [-0.2, -0.15) is 0 Å². The van der Waals surface area contributed by atoms with Crippen LogP contribution >= 0.6 is 23.4 Å². The van der Waals surface area contributed by atoms with E-state index < -0.39 is 0 Å². The summed E-state index contributed by atoms with van der Waals surface area (Å²) in [6.07, 6.45) is 1.01. The monoisotopic (exact) mass is 470 g/mol. The van der Waals surface area contributed by atoms with Gasteiger partial charge in [-0.25, -0.2) is 14.6 Å². The minimum atomic E-state index is -0.379. The maximum absolute atomic E-state index is 12.6. The third-order valence-electron chi connectivity index (χ3n) is 5.25. The van der Waals surface area contributed by atoms with Crippen molar-refractivity contribution in [2.45, 2.75) is 19.4 Å². The third kappa shape index (κ3) is 4.76. The maximum atomic E-state index is 12.6. The lowest BCUT2D eigenvalue weighted by atomic mass is 9.94. The number of carbonyl (C=O) groups excluding carboxylic acids is 2. The molecule has 2 aromatic rings. The van der Waals surface area contributed by atoms with E-state index in [-0.39, 0.29) is 18.0 Å². The van der Waals surface area contributed by atoms with Crippen molar-refractivity contribution in [1.29, 1.82) is 0 Å². The molecule has 0 bridgehead atoms. The zero-order valence-corrected chi connectivity index (χ0v) is 19.3. The molecule has 2 aromatic carbocycles. The molecule has 1 atom stereocenters. The molecule has 0 saturated carbocycles. The topological polar surface area (TPSA) is 83.0 Å². The van der Waals surface area contributed by atoms with Crippen LogP contribution < -0.4 is 10.6 Å². The van der Waals surface area contributed by atoms with Crippen LogP contribution in [-0.4, -0.2) is 41.5 Å². The highest BCUT2D eigenvalue weighted by Gasteiger charge is 2.37. The second-order valence-corrected chi connectivity index (χ2v) is 8.89. The van der Waals surface area contributed by atoms with E-state index in [1.165, 1.54) is 7.11 Å². The van der Waals surface area contributed by atoms with E-state index in [1.807, 2.05) is 31.2 Å². The van der Waals surface area contributed by atoms with Crippen LogP contribution in [0.2, 0.25) is 5.02 Å². The van der Waals surface area contributed by atoms with Crippen molar-refractivity contribution >= 4 is 51.9 Å². The second-order valence-electron chi connectivity index (χ2n) is 7.39. The van der Waals surface area contributed by atoms with Crippen molar-refractivity contribution in [3.8, 4) is 0 Å². The highest BCUT2D eigenvalue weighted by Crippen LogP contribution is 2.40. The Balaban J connectivity index is 1.54. The number of anilines is 2. The molecular weight excluding hydrogens is 448 g/mol. The normalized spacial score (nSPS) is 17.9. The minimum absolute atomic E-state index is 0.278. The van der Waals surface area contributed by atoms with Gasteiger partial charge in [-0.15, -0.1) is 0 Å². The molecule has 2 N–H and O–H groups in total. The number of methoxy groups -OCH3 is 1. The molecule has 2 aliphatic rings. The van der Waals surface area contributed by atoms with Crippen LogP contribution in [0, 0.1) is 0 Å². The molecule has 2 aliphatic heterocycles. The first-order valence-electron chi connectivity index (χ1n) is 10.2. The molecule has 7 nitrogen and oxygen atoms in total. The molecule has 9 heteroatoms. The predicted molar refractivity (Wildman–Crippen MR) is 129 cm³/mol. The number of aliphatic imine (C=N–C) groups is 1. The number of ether oxygens (including phenoxy) is 1. The van der Waals surface area contributed by atoms with E-state index in [0.29, 0.717) is 27.7 Å². The lowest BCUT2D eigenvalue weighted by Crippen LogP contribution is -2.42. The lowest BCUT2D eigenvalue weighted by Gasteiger charge is -2.40. The summed E-state index contributed by atoms with van der Waals surface area (Å²) in [5, 5.41) is 7.11. The number of nitrogens with one attached hydrogen (secondary N) is 2. The Morgan fingerprint density at radius 1 is 1.09 bits per heavy atom. The van der Waals surface area contributed by atoms with Gasteiger partial charge in [0.1, 0.15) is 0 Å². The van der Waals surface area contributed by atoms with Crippen molar-refractivity contribution in [2.24, 2.45) is 4.99 Å². The third-order valence-corrected chi connectivity index (χ3v) is 6.58. The number of nitrogens with zero attached hydrogens (tertiary/aromatic N) is 2. The summed E-state index contributed by atoms with van der Waals surface area (Å²) in [5.41, 5.74) is 3.43. The molecule has 1 saturated heterocycles. The molecule has 4 rings (SSSR count). The summed E-state index contributed by atoms with van der Waals surface area (Å²) < 4.78 is 5.06. The first-order chi connectivity index (χ1) is 15.5. The fourth-order valence-corrected chi connectivity index (χ4v) is 4.91. The van der Waals surface area contributed by atoms with E-state index in [0.717, 1.165) is 29.4 Å².